The van der Waals surface area contributed by atoms with Gasteiger partial charge in [0, 0.05) is 37.3 Å². The number of nitrogens with zero attached hydrogens (tertiary/aromatic N) is 4. The molecule has 4 heterocycles. The summed E-state index contributed by atoms with van der Waals surface area (Å²) in [6, 6.07) is 5.57. The Balaban J connectivity index is 1.54. The third-order valence-corrected chi connectivity index (χ3v) is 7.71. The SMILES string of the molecule is CNCCCOc1ccc(Cl)c(-c2nc(-c3c(C)noc3C)c(Cl)c(N3CC4(CCOCC4)C3)n2)c1. The minimum absolute atomic E-state index is 0.259. The van der Waals surface area contributed by atoms with Gasteiger partial charge < -0.3 is 24.2 Å². The molecular formula is C26H31Cl2N5O3. The maximum Gasteiger partial charge on any atom is 0.163 e. The molecule has 0 saturated carbocycles. The van der Waals surface area contributed by atoms with Crippen molar-refractivity contribution >= 4 is 29.0 Å². The van der Waals surface area contributed by atoms with Crippen LogP contribution >= 0.6 is 23.2 Å². The van der Waals surface area contributed by atoms with Gasteiger partial charge in [-0.25, -0.2) is 9.97 Å². The molecule has 1 spiro atoms. The van der Waals surface area contributed by atoms with Crippen LogP contribution < -0.4 is 15.0 Å². The molecule has 1 N–H and O–H groups in total. The second-order valence-electron chi connectivity index (χ2n) is 9.65. The molecule has 0 radical (unpaired) electrons. The lowest BCUT2D eigenvalue weighted by Crippen LogP contribution is -2.59. The normalized spacial score (nSPS) is 16.9. The second kappa shape index (κ2) is 10.5. The number of anilines is 1. The Hall–Kier alpha value is -2.39. The summed E-state index contributed by atoms with van der Waals surface area (Å²) in [5.74, 6) is 2.56. The van der Waals surface area contributed by atoms with Crippen molar-refractivity contribution in [2.24, 2.45) is 5.41 Å². The molecule has 0 aliphatic carbocycles. The van der Waals surface area contributed by atoms with E-state index in [4.69, 9.17) is 47.2 Å². The summed E-state index contributed by atoms with van der Waals surface area (Å²) in [5.41, 5.74) is 3.05. The second-order valence-corrected chi connectivity index (χ2v) is 10.4. The van der Waals surface area contributed by atoms with Gasteiger partial charge in [-0.15, -0.1) is 0 Å². The number of aromatic nitrogens is 3. The Morgan fingerprint density at radius 1 is 1.14 bits per heavy atom. The Morgan fingerprint density at radius 2 is 1.92 bits per heavy atom. The van der Waals surface area contributed by atoms with E-state index in [9.17, 15) is 0 Å². The van der Waals surface area contributed by atoms with Crippen LogP contribution in [0.5, 0.6) is 5.75 Å². The zero-order chi connectivity index (χ0) is 25.3. The first-order valence-electron chi connectivity index (χ1n) is 12.3. The molecule has 0 bridgehead atoms. The maximum absolute atomic E-state index is 6.98. The molecule has 5 rings (SSSR count). The van der Waals surface area contributed by atoms with Crippen molar-refractivity contribution in [2.75, 3.05) is 51.4 Å². The number of rotatable bonds is 8. The van der Waals surface area contributed by atoms with Crippen LogP contribution in [-0.4, -0.2) is 61.6 Å². The van der Waals surface area contributed by atoms with Crippen molar-refractivity contribution in [2.45, 2.75) is 33.1 Å². The highest BCUT2D eigenvalue weighted by molar-refractivity contribution is 6.36. The van der Waals surface area contributed by atoms with Gasteiger partial charge in [0.2, 0.25) is 0 Å². The smallest absolute Gasteiger partial charge is 0.163 e. The molecule has 0 atom stereocenters. The molecule has 10 heteroatoms. The van der Waals surface area contributed by atoms with Crippen molar-refractivity contribution in [3.63, 3.8) is 0 Å². The Kier molecular flexibility index (Phi) is 7.40. The van der Waals surface area contributed by atoms with Gasteiger partial charge in [-0.3, -0.25) is 0 Å². The minimum Gasteiger partial charge on any atom is -0.494 e. The van der Waals surface area contributed by atoms with Gasteiger partial charge in [-0.1, -0.05) is 28.4 Å². The number of hydrogen-bond acceptors (Lipinski definition) is 8. The highest BCUT2D eigenvalue weighted by Crippen LogP contribution is 2.46. The van der Waals surface area contributed by atoms with Crippen LogP contribution in [0.25, 0.3) is 22.6 Å². The maximum atomic E-state index is 6.98. The van der Waals surface area contributed by atoms with Gasteiger partial charge >= 0.3 is 0 Å². The highest BCUT2D eigenvalue weighted by atomic mass is 35.5. The van der Waals surface area contributed by atoms with Crippen LogP contribution in [0.1, 0.15) is 30.7 Å². The summed E-state index contributed by atoms with van der Waals surface area (Å²) < 4.78 is 17.0. The standard InChI is InChI=1S/C26H31Cl2N5O3/c1-16-21(17(2)36-32-16)23-22(28)25(33-14-26(15-33)7-11-34-12-8-26)31-24(30-23)19-13-18(5-6-20(19)27)35-10-4-9-29-3/h5-6,13,29H,4,7-12,14-15H2,1-3H3. The molecular weight excluding hydrogens is 501 g/mol. The third kappa shape index (κ3) is 4.92. The van der Waals surface area contributed by atoms with Crippen molar-refractivity contribution in [1.29, 1.82) is 0 Å². The lowest BCUT2D eigenvalue weighted by Gasteiger charge is -2.53. The molecule has 2 aliphatic rings. The van der Waals surface area contributed by atoms with Crippen LogP contribution in [0.3, 0.4) is 0 Å². The Labute approximate surface area is 221 Å². The first-order chi connectivity index (χ1) is 17.4. The molecule has 0 unspecified atom stereocenters. The van der Waals surface area contributed by atoms with Gasteiger partial charge in [0.25, 0.3) is 0 Å². The summed E-state index contributed by atoms with van der Waals surface area (Å²) in [4.78, 5) is 12.0. The van der Waals surface area contributed by atoms with Crippen LogP contribution in [0.2, 0.25) is 10.0 Å². The number of hydrogen-bond donors (Lipinski definition) is 1. The largest absolute Gasteiger partial charge is 0.494 e. The summed E-state index contributed by atoms with van der Waals surface area (Å²) >= 11 is 13.6. The predicted octanol–water partition coefficient (Wildman–Crippen LogP) is 5.33. The van der Waals surface area contributed by atoms with Crippen molar-refractivity contribution in [3.8, 4) is 28.4 Å². The fourth-order valence-corrected chi connectivity index (χ4v) is 5.49. The van der Waals surface area contributed by atoms with Gasteiger partial charge in [0.05, 0.1) is 22.9 Å². The number of benzene rings is 1. The lowest BCUT2D eigenvalue weighted by atomic mass is 9.73. The van der Waals surface area contributed by atoms with E-state index in [1.54, 1.807) is 0 Å². The quantitative estimate of drug-likeness (QED) is 0.390. The van der Waals surface area contributed by atoms with Crippen LogP contribution in [0.15, 0.2) is 22.7 Å². The summed E-state index contributed by atoms with van der Waals surface area (Å²) in [5, 5.41) is 8.28. The Bertz CT molecular complexity index is 1220. The number of aryl methyl sites for hydroxylation is 2. The van der Waals surface area contributed by atoms with Crippen LogP contribution in [0, 0.1) is 19.3 Å². The molecule has 2 saturated heterocycles. The topological polar surface area (TPSA) is 85.5 Å². The average molecular weight is 532 g/mol. The molecule has 1 aromatic carbocycles. The molecule has 2 aliphatic heterocycles. The first kappa shape index (κ1) is 25.3. The van der Waals surface area contributed by atoms with E-state index in [0.717, 1.165) is 69.1 Å². The predicted molar refractivity (Wildman–Crippen MR) is 141 cm³/mol. The lowest BCUT2D eigenvalue weighted by molar-refractivity contribution is -0.000444. The number of halogens is 2. The van der Waals surface area contributed by atoms with Crippen molar-refractivity contribution in [1.82, 2.24) is 20.4 Å². The van der Waals surface area contributed by atoms with E-state index in [1.807, 2.05) is 39.1 Å². The van der Waals surface area contributed by atoms with Gasteiger partial charge in [0.15, 0.2) is 11.6 Å². The van der Waals surface area contributed by atoms with Gasteiger partial charge in [-0.2, -0.15) is 0 Å². The monoisotopic (exact) mass is 531 g/mol. The Morgan fingerprint density at radius 3 is 2.61 bits per heavy atom. The molecule has 0 amide bonds. The number of ether oxygens (including phenoxy) is 2. The minimum atomic E-state index is 0.259. The molecule has 3 aromatic rings. The number of nitrogens with one attached hydrogen (secondary N) is 1. The zero-order valence-corrected chi connectivity index (χ0v) is 22.4. The fraction of sp³-hybridized carbons (Fsp3) is 0.500. The summed E-state index contributed by atoms with van der Waals surface area (Å²) in [6.45, 7) is 8.60. The highest BCUT2D eigenvalue weighted by Gasteiger charge is 2.45. The molecule has 2 aromatic heterocycles. The van der Waals surface area contributed by atoms with E-state index >= 15 is 0 Å². The van der Waals surface area contributed by atoms with E-state index < -0.39 is 0 Å². The molecule has 36 heavy (non-hydrogen) atoms. The van der Waals surface area contributed by atoms with E-state index in [1.165, 1.54) is 0 Å². The summed E-state index contributed by atoms with van der Waals surface area (Å²) in [6.07, 6.45) is 3.00. The first-order valence-corrected chi connectivity index (χ1v) is 13.1. The van der Waals surface area contributed by atoms with Crippen LogP contribution in [-0.2, 0) is 4.74 Å². The average Bonchev–Trinajstić information content (AvgIpc) is 3.20. The molecule has 2 fully saturated rings. The van der Waals surface area contributed by atoms with E-state index in [-0.39, 0.29) is 5.41 Å². The zero-order valence-electron chi connectivity index (χ0n) is 20.9. The fourth-order valence-electron chi connectivity index (χ4n) is 4.99. The molecule has 8 nitrogen and oxygen atoms in total. The van der Waals surface area contributed by atoms with Crippen LogP contribution in [0.4, 0.5) is 5.82 Å². The van der Waals surface area contributed by atoms with Crippen molar-refractivity contribution < 1.29 is 14.0 Å². The van der Waals surface area contributed by atoms with E-state index in [0.29, 0.717) is 45.3 Å². The van der Waals surface area contributed by atoms with Crippen molar-refractivity contribution in [3.05, 3.63) is 39.7 Å². The summed E-state index contributed by atoms with van der Waals surface area (Å²) in [7, 11) is 1.93. The molecule has 192 valence electrons. The van der Waals surface area contributed by atoms with Gasteiger partial charge in [0.1, 0.15) is 22.2 Å². The van der Waals surface area contributed by atoms with E-state index in [2.05, 4.69) is 15.4 Å². The van der Waals surface area contributed by atoms with Gasteiger partial charge in [-0.05, 0) is 64.9 Å². The third-order valence-electron chi connectivity index (χ3n) is 7.03.